The topological polar surface area (TPSA) is 84.5 Å². The van der Waals surface area contributed by atoms with Gasteiger partial charge in [-0.2, -0.15) is 0 Å². The number of carbonyl (C=O) groups excluding carboxylic acids is 1. The van der Waals surface area contributed by atoms with Crippen molar-refractivity contribution in [3.63, 3.8) is 0 Å². The maximum absolute atomic E-state index is 12.7. The first kappa shape index (κ1) is 19.8. The standard InChI is InChI=1S/C19H27N3O4/c1-4-11-21-15-7-5-6-8-16(15)22(19(21)26)12-9-17(23)20(14(2)3)13-10-18(24)25/h5-8,14H,4,9-13H2,1-3H3,(H,24,25). The van der Waals surface area contributed by atoms with E-state index < -0.39 is 5.97 Å². The van der Waals surface area contributed by atoms with Crippen LogP contribution in [0.4, 0.5) is 0 Å². The van der Waals surface area contributed by atoms with Crippen LogP contribution in [0.15, 0.2) is 29.1 Å². The van der Waals surface area contributed by atoms with E-state index in [2.05, 4.69) is 0 Å². The zero-order chi connectivity index (χ0) is 19.3. The highest BCUT2D eigenvalue weighted by molar-refractivity contribution is 5.78. The van der Waals surface area contributed by atoms with Gasteiger partial charge in [0.1, 0.15) is 0 Å². The van der Waals surface area contributed by atoms with Gasteiger partial charge in [-0.05, 0) is 32.4 Å². The average molecular weight is 361 g/mol. The van der Waals surface area contributed by atoms with Crippen LogP contribution in [0.25, 0.3) is 11.0 Å². The van der Waals surface area contributed by atoms with Crippen LogP contribution in [-0.2, 0) is 22.7 Å². The minimum Gasteiger partial charge on any atom is -0.481 e. The number of hydrogen-bond acceptors (Lipinski definition) is 3. The van der Waals surface area contributed by atoms with Crippen LogP contribution in [0, 0.1) is 0 Å². The third-order valence-electron chi connectivity index (χ3n) is 4.43. The highest BCUT2D eigenvalue weighted by Crippen LogP contribution is 2.14. The van der Waals surface area contributed by atoms with Crippen molar-refractivity contribution in [3.05, 3.63) is 34.7 Å². The summed E-state index contributed by atoms with van der Waals surface area (Å²) >= 11 is 0. The summed E-state index contributed by atoms with van der Waals surface area (Å²) < 4.78 is 3.38. The molecule has 1 amide bonds. The highest BCUT2D eigenvalue weighted by Gasteiger charge is 2.19. The Kier molecular flexibility index (Phi) is 6.60. The largest absolute Gasteiger partial charge is 0.481 e. The van der Waals surface area contributed by atoms with Gasteiger partial charge in [-0.1, -0.05) is 19.1 Å². The van der Waals surface area contributed by atoms with E-state index in [1.165, 1.54) is 0 Å². The van der Waals surface area contributed by atoms with E-state index in [1.54, 1.807) is 14.0 Å². The van der Waals surface area contributed by atoms with Crippen LogP contribution in [0.3, 0.4) is 0 Å². The number of carboxylic acid groups (broad SMARTS) is 1. The normalized spacial score (nSPS) is 11.2. The monoisotopic (exact) mass is 361 g/mol. The lowest BCUT2D eigenvalue weighted by Crippen LogP contribution is -2.39. The molecule has 1 N–H and O–H groups in total. The summed E-state index contributed by atoms with van der Waals surface area (Å²) in [6, 6.07) is 7.50. The van der Waals surface area contributed by atoms with E-state index >= 15 is 0 Å². The number of nitrogens with zero attached hydrogens (tertiary/aromatic N) is 3. The van der Waals surface area contributed by atoms with Crippen LogP contribution >= 0.6 is 0 Å². The molecule has 0 aliphatic rings. The van der Waals surface area contributed by atoms with Crippen molar-refractivity contribution in [2.24, 2.45) is 0 Å². The van der Waals surface area contributed by atoms with Crippen LogP contribution in [-0.4, -0.2) is 43.6 Å². The molecule has 0 aliphatic carbocycles. The molecule has 0 bridgehead atoms. The number of aryl methyl sites for hydroxylation is 2. The van der Waals surface area contributed by atoms with Crippen molar-refractivity contribution in [2.45, 2.75) is 59.2 Å². The summed E-state index contributed by atoms with van der Waals surface area (Å²) in [5, 5.41) is 8.86. The minimum absolute atomic E-state index is 0.0833. The Balaban J connectivity index is 2.20. The number of fused-ring (bicyclic) bond motifs is 1. The summed E-state index contributed by atoms with van der Waals surface area (Å²) in [6.07, 6.45) is 0.931. The maximum Gasteiger partial charge on any atom is 0.329 e. The van der Waals surface area contributed by atoms with Crippen LogP contribution in [0.2, 0.25) is 0 Å². The van der Waals surface area contributed by atoms with Gasteiger partial charge in [0.15, 0.2) is 0 Å². The minimum atomic E-state index is -0.928. The summed E-state index contributed by atoms with van der Waals surface area (Å²) in [4.78, 5) is 37.7. The molecule has 0 aliphatic heterocycles. The Labute approximate surface area is 152 Å². The summed E-state index contributed by atoms with van der Waals surface area (Å²) in [6.45, 7) is 6.84. The number of imidazole rings is 1. The van der Waals surface area contributed by atoms with Gasteiger partial charge >= 0.3 is 11.7 Å². The molecule has 0 atom stereocenters. The molecule has 1 heterocycles. The zero-order valence-electron chi connectivity index (χ0n) is 15.6. The molecular formula is C19H27N3O4. The lowest BCUT2D eigenvalue weighted by molar-refractivity contribution is -0.139. The fourth-order valence-corrected chi connectivity index (χ4v) is 3.17. The first-order valence-corrected chi connectivity index (χ1v) is 9.06. The summed E-state index contributed by atoms with van der Waals surface area (Å²) in [5.74, 6) is -1.07. The van der Waals surface area contributed by atoms with Crippen molar-refractivity contribution < 1.29 is 14.7 Å². The quantitative estimate of drug-likeness (QED) is 0.743. The molecular weight excluding hydrogens is 334 g/mol. The number of aliphatic carboxylic acids is 1. The molecule has 0 saturated heterocycles. The van der Waals surface area contributed by atoms with Crippen LogP contribution in [0.1, 0.15) is 40.0 Å². The van der Waals surface area contributed by atoms with E-state index in [0.717, 1.165) is 17.5 Å². The molecule has 142 valence electrons. The molecule has 0 saturated carbocycles. The van der Waals surface area contributed by atoms with E-state index in [0.29, 0.717) is 6.54 Å². The Bertz CT molecular complexity index is 835. The Morgan fingerprint density at radius 3 is 2.15 bits per heavy atom. The summed E-state index contributed by atoms with van der Waals surface area (Å²) in [5.41, 5.74) is 1.58. The van der Waals surface area contributed by atoms with Crippen molar-refractivity contribution in [2.75, 3.05) is 6.54 Å². The number of para-hydroxylation sites is 2. The van der Waals surface area contributed by atoms with Crippen molar-refractivity contribution in [1.29, 1.82) is 0 Å². The predicted octanol–water partition coefficient (Wildman–Crippen LogP) is 2.31. The van der Waals surface area contributed by atoms with Gasteiger partial charge in [0.25, 0.3) is 0 Å². The van der Waals surface area contributed by atoms with Gasteiger partial charge in [0, 0.05) is 32.1 Å². The molecule has 7 nitrogen and oxygen atoms in total. The van der Waals surface area contributed by atoms with Crippen LogP contribution < -0.4 is 5.69 Å². The molecule has 1 aromatic heterocycles. The molecule has 26 heavy (non-hydrogen) atoms. The van der Waals surface area contributed by atoms with Gasteiger partial charge in [-0.25, -0.2) is 4.79 Å². The molecule has 1 aromatic carbocycles. The molecule has 2 aromatic rings. The van der Waals surface area contributed by atoms with Gasteiger partial charge in [0.05, 0.1) is 17.5 Å². The van der Waals surface area contributed by atoms with Crippen molar-refractivity contribution >= 4 is 22.9 Å². The molecule has 0 fully saturated rings. The van der Waals surface area contributed by atoms with Gasteiger partial charge in [-0.15, -0.1) is 0 Å². The Hall–Kier alpha value is -2.57. The van der Waals surface area contributed by atoms with Gasteiger partial charge in [-0.3, -0.25) is 18.7 Å². The van der Waals surface area contributed by atoms with Gasteiger partial charge < -0.3 is 10.0 Å². The number of carboxylic acids is 1. The van der Waals surface area contributed by atoms with Gasteiger partial charge in [0.2, 0.25) is 5.91 Å². The fourth-order valence-electron chi connectivity index (χ4n) is 3.17. The molecule has 0 spiro atoms. The second-order valence-electron chi connectivity index (χ2n) is 6.65. The summed E-state index contributed by atoms with van der Waals surface area (Å²) in [7, 11) is 0. The van der Waals surface area contributed by atoms with E-state index in [9.17, 15) is 14.4 Å². The third-order valence-corrected chi connectivity index (χ3v) is 4.43. The van der Waals surface area contributed by atoms with Crippen LogP contribution in [0.5, 0.6) is 0 Å². The predicted molar refractivity (Wildman–Crippen MR) is 100 cm³/mol. The maximum atomic E-state index is 12.7. The van der Waals surface area contributed by atoms with Crippen molar-refractivity contribution in [1.82, 2.24) is 14.0 Å². The first-order chi connectivity index (χ1) is 12.4. The third kappa shape index (κ3) is 4.33. The smallest absolute Gasteiger partial charge is 0.329 e. The fraction of sp³-hybridized carbons (Fsp3) is 0.526. The van der Waals surface area contributed by atoms with E-state index in [1.807, 2.05) is 45.0 Å². The lowest BCUT2D eigenvalue weighted by atomic mass is 10.2. The molecule has 0 unspecified atom stereocenters. The first-order valence-electron chi connectivity index (χ1n) is 9.06. The number of benzene rings is 1. The van der Waals surface area contributed by atoms with E-state index in [-0.39, 0.29) is 43.6 Å². The number of carbonyl (C=O) groups is 2. The second kappa shape index (κ2) is 8.69. The SMILES string of the molecule is CCCn1c(=O)n(CCC(=O)N(CCC(=O)O)C(C)C)c2ccccc21. The second-order valence-corrected chi connectivity index (χ2v) is 6.65. The van der Waals surface area contributed by atoms with E-state index in [4.69, 9.17) is 5.11 Å². The zero-order valence-corrected chi connectivity index (χ0v) is 15.6. The average Bonchev–Trinajstić information content (AvgIpc) is 2.85. The number of hydrogen-bond donors (Lipinski definition) is 1. The number of amides is 1. The number of aromatic nitrogens is 2. The molecule has 2 rings (SSSR count). The lowest BCUT2D eigenvalue weighted by Gasteiger charge is -2.26. The molecule has 0 radical (unpaired) electrons. The Morgan fingerprint density at radius 2 is 1.65 bits per heavy atom. The molecule has 7 heteroatoms. The number of rotatable bonds is 9. The van der Waals surface area contributed by atoms with Crippen molar-refractivity contribution in [3.8, 4) is 0 Å². The Morgan fingerprint density at radius 1 is 1.08 bits per heavy atom. The highest BCUT2D eigenvalue weighted by atomic mass is 16.4.